The van der Waals surface area contributed by atoms with E-state index in [1.165, 1.54) is 12.1 Å². The summed E-state index contributed by atoms with van der Waals surface area (Å²) >= 11 is 0. The number of nitrogens with one attached hydrogen (secondary N) is 2. The highest BCUT2D eigenvalue weighted by atomic mass is 19.4. The fourth-order valence-electron chi connectivity index (χ4n) is 2.25. The molecule has 0 aliphatic rings. The van der Waals surface area contributed by atoms with Crippen LogP contribution in [0.1, 0.15) is 12.0 Å². The van der Waals surface area contributed by atoms with Gasteiger partial charge in [-0.05, 0) is 37.7 Å². The third-order valence-electron chi connectivity index (χ3n) is 3.74. The first-order chi connectivity index (χ1) is 12.9. The van der Waals surface area contributed by atoms with Gasteiger partial charge in [-0.2, -0.15) is 13.2 Å². The number of hydrogen-bond acceptors (Lipinski definition) is 4. The predicted molar refractivity (Wildman–Crippen MR) is 100 cm³/mol. The molecule has 0 saturated heterocycles. The van der Waals surface area contributed by atoms with Gasteiger partial charge in [-0.3, -0.25) is 4.99 Å². The molecule has 2 N–H and O–H groups in total. The number of hydrogen-bond donors (Lipinski definition) is 2. The van der Waals surface area contributed by atoms with Crippen LogP contribution in [0.5, 0.6) is 5.75 Å². The summed E-state index contributed by atoms with van der Waals surface area (Å²) in [6.45, 7) is 4.10. The molecular weight excluding hydrogens is 361 g/mol. The quantitative estimate of drug-likeness (QED) is 0.345. The maximum Gasteiger partial charge on any atom is 0.416 e. The Kier molecular flexibility index (Phi) is 10.6. The van der Waals surface area contributed by atoms with Crippen molar-refractivity contribution in [3.8, 4) is 5.75 Å². The van der Waals surface area contributed by atoms with E-state index in [1.54, 1.807) is 14.2 Å². The van der Waals surface area contributed by atoms with E-state index in [0.29, 0.717) is 24.9 Å². The Balaban J connectivity index is 2.20. The second-order valence-corrected chi connectivity index (χ2v) is 5.95. The third kappa shape index (κ3) is 10.0. The number of aliphatic imine (C=N–C) groups is 1. The van der Waals surface area contributed by atoms with Gasteiger partial charge in [-0.1, -0.05) is 0 Å². The molecule has 0 saturated carbocycles. The monoisotopic (exact) mass is 390 g/mol. The van der Waals surface area contributed by atoms with Crippen LogP contribution in [-0.2, 0) is 10.9 Å². The molecule has 1 aromatic rings. The van der Waals surface area contributed by atoms with Gasteiger partial charge >= 0.3 is 6.18 Å². The number of ether oxygens (including phenoxy) is 2. The van der Waals surface area contributed by atoms with Crippen molar-refractivity contribution in [2.45, 2.75) is 12.6 Å². The largest absolute Gasteiger partial charge is 0.492 e. The molecule has 0 unspecified atom stereocenters. The van der Waals surface area contributed by atoms with Gasteiger partial charge in [0.05, 0.1) is 12.1 Å². The lowest BCUT2D eigenvalue weighted by molar-refractivity contribution is -0.137. The first-order valence-electron chi connectivity index (χ1n) is 8.79. The zero-order chi connectivity index (χ0) is 20.1. The van der Waals surface area contributed by atoms with E-state index in [1.807, 2.05) is 7.05 Å². The molecule has 0 amide bonds. The molecule has 0 aliphatic carbocycles. The van der Waals surface area contributed by atoms with Crippen LogP contribution in [0.2, 0.25) is 0 Å². The topological polar surface area (TPSA) is 58.1 Å². The highest BCUT2D eigenvalue weighted by Gasteiger charge is 2.29. The van der Waals surface area contributed by atoms with Crippen LogP contribution in [-0.4, -0.2) is 71.5 Å². The Bertz CT molecular complexity index is 551. The molecule has 0 fully saturated rings. The Morgan fingerprint density at radius 3 is 2.33 bits per heavy atom. The Morgan fingerprint density at radius 2 is 1.74 bits per heavy atom. The smallest absolute Gasteiger partial charge is 0.416 e. The van der Waals surface area contributed by atoms with E-state index >= 15 is 0 Å². The molecule has 154 valence electrons. The number of likely N-dealkylation sites (N-methyl/N-ethyl adjacent to an activating group) is 1. The Labute approximate surface area is 158 Å². The number of nitrogens with zero attached hydrogens (tertiary/aromatic N) is 2. The summed E-state index contributed by atoms with van der Waals surface area (Å²) in [5, 5.41) is 6.30. The van der Waals surface area contributed by atoms with Crippen LogP contribution in [0.4, 0.5) is 13.2 Å². The van der Waals surface area contributed by atoms with Crippen LogP contribution in [0.3, 0.4) is 0 Å². The molecule has 0 heterocycles. The minimum absolute atomic E-state index is 0.309. The molecule has 0 radical (unpaired) electrons. The van der Waals surface area contributed by atoms with Crippen LogP contribution in [0, 0.1) is 0 Å². The summed E-state index contributed by atoms with van der Waals surface area (Å²) in [6, 6.07) is 4.64. The predicted octanol–water partition coefficient (Wildman–Crippen LogP) is 2.22. The van der Waals surface area contributed by atoms with E-state index in [-0.39, 0.29) is 0 Å². The number of methoxy groups -OCH3 is 1. The maximum atomic E-state index is 12.5. The molecule has 0 bridgehead atoms. The lowest BCUT2D eigenvalue weighted by atomic mass is 10.2. The Hall–Kier alpha value is -2.00. The van der Waals surface area contributed by atoms with Gasteiger partial charge in [0.15, 0.2) is 5.96 Å². The van der Waals surface area contributed by atoms with Gasteiger partial charge in [0, 0.05) is 40.4 Å². The zero-order valence-corrected chi connectivity index (χ0v) is 16.1. The van der Waals surface area contributed by atoms with Crippen molar-refractivity contribution in [3.05, 3.63) is 29.8 Å². The average molecular weight is 390 g/mol. The standard InChI is InChI=1S/C18H29F3N4O2/c1-22-17(23-9-12-25(2)11-4-13-26-3)24-10-14-27-16-7-5-15(6-8-16)18(19,20)21/h5-8H,4,9-14H2,1-3H3,(H2,22,23,24). The van der Waals surface area contributed by atoms with Crippen LogP contribution in [0.15, 0.2) is 29.3 Å². The van der Waals surface area contributed by atoms with Crippen molar-refractivity contribution >= 4 is 5.96 Å². The van der Waals surface area contributed by atoms with Crippen LogP contribution >= 0.6 is 0 Å². The first kappa shape index (κ1) is 23.0. The fraction of sp³-hybridized carbons (Fsp3) is 0.611. The molecule has 0 atom stereocenters. The van der Waals surface area contributed by atoms with Crippen LogP contribution < -0.4 is 15.4 Å². The highest BCUT2D eigenvalue weighted by molar-refractivity contribution is 5.79. The fourth-order valence-corrected chi connectivity index (χ4v) is 2.25. The van der Waals surface area contributed by atoms with Gasteiger partial charge in [0.1, 0.15) is 12.4 Å². The van der Waals surface area contributed by atoms with E-state index in [0.717, 1.165) is 44.8 Å². The number of alkyl halides is 3. The zero-order valence-electron chi connectivity index (χ0n) is 16.1. The summed E-state index contributed by atoms with van der Waals surface area (Å²) in [5.41, 5.74) is -0.690. The summed E-state index contributed by atoms with van der Waals surface area (Å²) in [6.07, 6.45) is -3.35. The number of benzene rings is 1. The van der Waals surface area contributed by atoms with E-state index in [9.17, 15) is 13.2 Å². The van der Waals surface area contributed by atoms with Gasteiger partial charge in [0.2, 0.25) is 0 Å². The molecule has 0 aliphatic heterocycles. The molecular formula is C18H29F3N4O2. The minimum Gasteiger partial charge on any atom is -0.492 e. The molecule has 0 aromatic heterocycles. The van der Waals surface area contributed by atoms with E-state index in [2.05, 4.69) is 20.5 Å². The summed E-state index contributed by atoms with van der Waals surface area (Å²) in [5.74, 6) is 1.04. The second kappa shape index (κ2) is 12.4. The minimum atomic E-state index is -4.34. The van der Waals surface area contributed by atoms with Crippen molar-refractivity contribution in [3.63, 3.8) is 0 Å². The maximum absolute atomic E-state index is 12.5. The van der Waals surface area contributed by atoms with Gasteiger partial charge in [-0.25, -0.2) is 0 Å². The summed E-state index contributed by atoms with van der Waals surface area (Å²) in [7, 11) is 5.41. The van der Waals surface area contributed by atoms with Crippen molar-refractivity contribution < 1.29 is 22.6 Å². The van der Waals surface area contributed by atoms with Crippen molar-refractivity contribution in [2.24, 2.45) is 4.99 Å². The van der Waals surface area contributed by atoms with E-state index in [4.69, 9.17) is 9.47 Å². The SMILES string of the molecule is CN=C(NCCOc1ccc(C(F)(F)F)cc1)NCCN(C)CCCOC. The molecule has 1 aromatic carbocycles. The molecule has 27 heavy (non-hydrogen) atoms. The van der Waals surface area contributed by atoms with E-state index < -0.39 is 11.7 Å². The summed E-state index contributed by atoms with van der Waals surface area (Å²) < 4.78 is 48.0. The van der Waals surface area contributed by atoms with Crippen LogP contribution in [0.25, 0.3) is 0 Å². The van der Waals surface area contributed by atoms with Gasteiger partial charge < -0.3 is 25.0 Å². The highest BCUT2D eigenvalue weighted by Crippen LogP contribution is 2.30. The number of halogens is 3. The van der Waals surface area contributed by atoms with Gasteiger partial charge in [0.25, 0.3) is 0 Å². The van der Waals surface area contributed by atoms with Crippen molar-refractivity contribution in [1.82, 2.24) is 15.5 Å². The Morgan fingerprint density at radius 1 is 1.07 bits per heavy atom. The molecule has 1 rings (SSSR count). The first-order valence-corrected chi connectivity index (χ1v) is 8.79. The summed E-state index contributed by atoms with van der Waals surface area (Å²) in [4.78, 5) is 6.32. The van der Waals surface area contributed by atoms with Crippen molar-refractivity contribution in [2.75, 3.05) is 60.6 Å². The van der Waals surface area contributed by atoms with Crippen molar-refractivity contribution in [1.29, 1.82) is 0 Å². The molecule has 0 spiro atoms. The number of guanidine groups is 1. The molecule has 9 heteroatoms. The normalized spacial score (nSPS) is 12.3. The lowest BCUT2D eigenvalue weighted by Gasteiger charge is -2.18. The second-order valence-electron chi connectivity index (χ2n) is 5.95. The lowest BCUT2D eigenvalue weighted by Crippen LogP contribution is -2.42. The number of rotatable bonds is 11. The average Bonchev–Trinajstić information content (AvgIpc) is 2.63. The molecule has 6 nitrogen and oxygen atoms in total. The third-order valence-corrected chi connectivity index (χ3v) is 3.74. The van der Waals surface area contributed by atoms with Gasteiger partial charge in [-0.15, -0.1) is 0 Å².